The standard InChI is InChI=1S/C32H38ClN3O3/c1-2-39-21-9-18-34-31(37)28-23-27(35-32(38)30(33)26-12-7-4-8-13-26)14-15-29(28)36-19-16-25(17-20-36)22-24-10-5-3-6-11-24/h3-8,10-15,23,25,30H,2,9,16-22H2,1H3,(H,34,37)(H,35,38). The Morgan fingerprint density at radius 2 is 1.69 bits per heavy atom. The second-order valence-electron chi connectivity index (χ2n) is 9.92. The predicted molar refractivity (Wildman–Crippen MR) is 159 cm³/mol. The van der Waals surface area contributed by atoms with Crippen LogP contribution in [0.4, 0.5) is 11.4 Å². The van der Waals surface area contributed by atoms with E-state index in [0.29, 0.717) is 36.9 Å². The summed E-state index contributed by atoms with van der Waals surface area (Å²) in [6, 6.07) is 25.4. The molecule has 1 unspecified atom stereocenters. The van der Waals surface area contributed by atoms with E-state index in [1.54, 1.807) is 6.07 Å². The highest BCUT2D eigenvalue weighted by Crippen LogP contribution is 2.31. The van der Waals surface area contributed by atoms with Gasteiger partial charge in [-0.2, -0.15) is 0 Å². The van der Waals surface area contributed by atoms with E-state index in [9.17, 15) is 9.59 Å². The first-order valence-corrected chi connectivity index (χ1v) is 14.3. The van der Waals surface area contributed by atoms with E-state index in [2.05, 4.69) is 45.9 Å². The topological polar surface area (TPSA) is 70.7 Å². The summed E-state index contributed by atoms with van der Waals surface area (Å²) in [5.74, 6) is 0.131. The molecule has 1 atom stereocenters. The van der Waals surface area contributed by atoms with Gasteiger partial charge in [0.15, 0.2) is 0 Å². The van der Waals surface area contributed by atoms with Crippen LogP contribution in [0.15, 0.2) is 78.9 Å². The largest absolute Gasteiger partial charge is 0.382 e. The van der Waals surface area contributed by atoms with Gasteiger partial charge in [0.25, 0.3) is 5.91 Å². The number of ether oxygens (including phenoxy) is 1. The molecule has 0 saturated carbocycles. The van der Waals surface area contributed by atoms with Crippen molar-refractivity contribution in [1.29, 1.82) is 0 Å². The molecule has 206 valence electrons. The number of carbonyl (C=O) groups excluding carboxylic acids is 2. The van der Waals surface area contributed by atoms with E-state index in [4.69, 9.17) is 16.3 Å². The van der Waals surface area contributed by atoms with Gasteiger partial charge in [-0.1, -0.05) is 60.7 Å². The maximum absolute atomic E-state index is 13.3. The number of anilines is 2. The summed E-state index contributed by atoms with van der Waals surface area (Å²) in [5.41, 5.74) is 4.08. The van der Waals surface area contributed by atoms with Crippen molar-refractivity contribution in [3.63, 3.8) is 0 Å². The van der Waals surface area contributed by atoms with Crippen molar-refractivity contribution in [3.8, 4) is 0 Å². The van der Waals surface area contributed by atoms with Gasteiger partial charge in [0, 0.05) is 44.2 Å². The Morgan fingerprint density at radius 3 is 2.38 bits per heavy atom. The van der Waals surface area contributed by atoms with Crippen LogP contribution in [-0.2, 0) is 16.0 Å². The Hall–Kier alpha value is -3.35. The van der Waals surface area contributed by atoms with E-state index in [-0.39, 0.29) is 11.8 Å². The Balaban J connectivity index is 1.46. The molecular weight excluding hydrogens is 510 g/mol. The van der Waals surface area contributed by atoms with E-state index in [1.807, 2.05) is 49.4 Å². The van der Waals surface area contributed by atoms with Gasteiger partial charge in [-0.05, 0) is 67.9 Å². The molecule has 1 aliphatic heterocycles. The Kier molecular flexibility index (Phi) is 10.8. The average Bonchev–Trinajstić information content (AvgIpc) is 2.98. The number of hydrogen-bond acceptors (Lipinski definition) is 4. The van der Waals surface area contributed by atoms with Crippen molar-refractivity contribution < 1.29 is 14.3 Å². The summed E-state index contributed by atoms with van der Waals surface area (Å²) in [6.07, 6.45) is 3.94. The molecule has 1 saturated heterocycles. The average molecular weight is 548 g/mol. The molecule has 0 radical (unpaired) electrons. The van der Waals surface area contributed by atoms with Gasteiger partial charge in [0.1, 0.15) is 5.38 Å². The molecule has 3 aromatic carbocycles. The molecule has 1 heterocycles. The summed E-state index contributed by atoms with van der Waals surface area (Å²) in [7, 11) is 0. The third-order valence-corrected chi connectivity index (χ3v) is 7.56. The predicted octanol–water partition coefficient (Wildman–Crippen LogP) is 6.22. The first kappa shape index (κ1) is 28.7. The third-order valence-electron chi connectivity index (χ3n) is 7.11. The van der Waals surface area contributed by atoms with E-state index in [0.717, 1.165) is 50.0 Å². The zero-order valence-electron chi connectivity index (χ0n) is 22.6. The van der Waals surface area contributed by atoms with Crippen LogP contribution in [0, 0.1) is 5.92 Å². The van der Waals surface area contributed by atoms with Crippen LogP contribution in [0.5, 0.6) is 0 Å². The minimum absolute atomic E-state index is 0.158. The molecular formula is C32H38ClN3O3. The number of rotatable bonds is 12. The third kappa shape index (κ3) is 8.32. The summed E-state index contributed by atoms with van der Waals surface area (Å²) in [6.45, 7) is 5.50. The summed E-state index contributed by atoms with van der Waals surface area (Å²) in [5, 5.41) is 5.09. The van der Waals surface area contributed by atoms with Crippen LogP contribution < -0.4 is 15.5 Å². The normalized spacial score (nSPS) is 14.6. The van der Waals surface area contributed by atoms with Crippen LogP contribution in [0.25, 0.3) is 0 Å². The first-order valence-electron chi connectivity index (χ1n) is 13.8. The van der Waals surface area contributed by atoms with Crippen molar-refractivity contribution in [1.82, 2.24) is 5.32 Å². The van der Waals surface area contributed by atoms with Crippen LogP contribution >= 0.6 is 11.6 Å². The lowest BCUT2D eigenvalue weighted by molar-refractivity contribution is -0.116. The molecule has 1 aliphatic rings. The van der Waals surface area contributed by atoms with E-state index >= 15 is 0 Å². The number of benzene rings is 3. The maximum atomic E-state index is 13.3. The molecule has 4 rings (SSSR count). The highest BCUT2D eigenvalue weighted by molar-refractivity contribution is 6.32. The van der Waals surface area contributed by atoms with Crippen LogP contribution in [0.3, 0.4) is 0 Å². The van der Waals surface area contributed by atoms with Crippen LogP contribution in [0.2, 0.25) is 0 Å². The lowest BCUT2D eigenvalue weighted by Crippen LogP contribution is -2.36. The number of alkyl halides is 1. The van der Waals surface area contributed by atoms with Crippen molar-refractivity contribution in [2.75, 3.05) is 43.1 Å². The molecule has 0 aliphatic carbocycles. The van der Waals surface area contributed by atoms with Gasteiger partial charge in [0.05, 0.1) is 5.56 Å². The summed E-state index contributed by atoms with van der Waals surface area (Å²) < 4.78 is 5.39. The second kappa shape index (κ2) is 14.7. The molecule has 0 bridgehead atoms. The molecule has 2 amide bonds. The zero-order chi connectivity index (χ0) is 27.5. The van der Waals surface area contributed by atoms with Gasteiger partial charge in [-0.15, -0.1) is 11.6 Å². The number of piperidine rings is 1. The van der Waals surface area contributed by atoms with Crippen molar-refractivity contribution >= 4 is 34.8 Å². The van der Waals surface area contributed by atoms with E-state index in [1.165, 1.54) is 5.56 Å². The van der Waals surface area contributed by atoms with Gasteiger partial charge < -0.3 is 20.3 Å². The van der Waals surface area contributed by atoms with Crippen LogP contribution in [-0.4, -0.2) is 44.7 Å². The number of carbonyl (C=O) groups is 2. The van der Waals surface area contributed by atoms with Gasteiger partial charge in [-0.3, -0.25) is 9.59 Å². The quantitative estimate of drug-likeness (QED) is 0.208. The summed E-state index contributed by atoms with van der Waals surface area (Å²) >= 11 is 6.43. The fraction of sp³-hybridized carbons (Fsp3) is 0.375. The molecule has 1 fully saturated rings. The lowest BCUT2D eigenvalue weighted by Gasteiger charge is -2.35. The molecule has 2 N–H and O–H groups in total. The van der Waals surface area contributed by atoms with Gasteiger partial charge >= 0.3 is 0 Å². The van der Waals surface area contributed by atoms with Crippen molar-refractivity contribution in [2.24, 2.45) is 5.92 Å². The fourth-order valence-electron chi connectivity index (χ4n) is 4.99. The fourth-order valence-corrected chi connectivity index (χ4v) is 5.19. The highest BCUT2D eigenvalue weighted by atomic mass is 35.5. The van der Waals surface area contributed by atoms with Crippen LogP contribution in [0.1, 0.15) is 53.0 Å². The zero-order valence-corrected chi connectivity index (χ0v) is 23.3. The monoisotopic (exact) mass is 547 g/mol. The SMILES string of the molecule is CCOCCCNC(=O)c1cc(NC(=O)C(Cl)c2ccccc2)ccc1N1CCC(Cc2ccccc2)CC1. The Morgan fingerprint density at radius 1 is 1.00 bits per heavy atom. The van der Waals surface area contributed by atoms with E-state index < -0.39 is 5.38 Å². The number of nitrogens with zero attached hydrogens (tertiary/aromatic N) is 1. The number of amides is 2. The number of halogens is 1. The molecule has 39 heavy (non-hydrogen) atoms. The molecule has 7 heteroatoms. The Labute approximate surface area is 236 Å². The smallest absolute Gasteiger partial charge is 0.253 e. The second-order valence-corrected chi connectivity index (χ2v) is 10.4. The maximum Gasteiger partial charge on any atom is 0.253 e. The summed E-state index contributed by atoms with van der Waals surface area (Å²) in [4.78, 5) is 28.5. The van der Waals surface area contributed by atoms with Gasteiger partial charge in [0.2, 0.25) is 5.91 Å². The molecule has 0 spiro atoms. The minimum Gasteiger partial charge on any atom is -0.382 e. The first-order chi connectivity index (χ1) is 19.0. The number of hydrogen-bond donors (Lipinski definition) is 2. The lowest BCUT2D eigenvalue weighted by atomic mass is 9.89. The van der Waals surface area contributed by atoms with Crippen molar-refractivity contribution in [2.45, 2.75) is 38.0 Å². The highest BCUT2D eigenvalue weighted by Gasteiger charge is 2.24. The molecule has 0 aromatic heterocycles. The minimum atomic E-state index is -0.828. The molecule has 6 nitrogen and oxygen atoms in total. The van der Waals surface area contributed by atoms with Crippen molar-refractivity contribution in [3.05, 3.63) is 95.6 Å². The molecule has 3 aromatic rings. The van der Waals surface area contributed by atoms with Gasteiger partial charge in [-0.25, -0.2) is 0 Å². The number of nitrogens with one attached hydrogen (secondary N) is 2. The Bertz CT molecular complexity index is 1200.